The molecule has 0 aliphatic rings. The first-order valence-corrected chi connectivity index (χ1v) is 13.9. The van der Waals surface area contributed by atoms with Crippen LogP contribution in [0.4, 0.5) is 5.69 Å². The largest absolute Gasteiger partial charge is 0.324 e. The van der Waals surface area contributed by atoms with E-state index in [1.54, 1.807) is 25.1 Å². The van der Waals surface area contributed by atoms with Crippen molar-refractivity contribution in [3.05, 3.63) is 23.2 Å². The summed E-state index contributed by atoms with van der Waals surface area (Å²) in [6, 6.07) is 4.34. The number of Topliss-reactive ketones (excluding diaryl/α,β-unsaturated/α-hetero) is 1. The second kappa shape index (κ2) is 14.1. The number of carbonyl (C=O) groups is 2. The fraction of sp³-hybridized carbons (Fsp3) is 0.680. The molecule has 1 N–H and O–H groups in total. The zero-order chi connectivity index (χ0) is 25.1. The van der Waals surface area contributed by atoms with Crippen LogP contribution >= 0.6 is 11.6 Å². The van der Waals surface area contributed by atoms with Crippen LogP contribution in [0.3, 0.4) is 0 Å². The highest BCUT2D eigenvalue weighted by atomic mass is 35.5. The molecule has 0 heterocycles. The molecule has 1 rings (SSSR count). The Bertz CT molecular complexity index is 867. The topological polar surface area (TPSA) is 83.6 Å². The number of hydrogen-bond donors (Lipinski definition) is 1. The molecular formula is C25H41ClN2O4S. The third kappa shape index (κ3) is 10.1. The van der Waals surface area contributed by atoms with Crippen LogP contribution in [-0.4, -0.2) is 37.5 Å². The summed E-state index contributed by atoms with van der Waals surface area (Å²) in [4.78, 5) is 24.6. The predicted octanol–water partition coefficient (Wildman–Crippen LogP) is 6.44. The van der Waals surface area contributed by atoms with Crippen LogP contribution in [0.2, 0.25) is 5.02 Å². The van der Waals surface area contributed by atoms with Gasteiger partial charge in [0.25, 0.3) is 0 Å². The van der Waals surface area contributed by atoms with Crippen molar-refractivity contribution < 1.29 is 18.0 Å². The van der Waals surface area contributed by atoms with E-state index in [1.165, 1.54) is 18.2 Å². The lowest BCUT2D eigenvalue weighted by Crippen LogP contribution is -2.33. The minimum absolute atomic E-state index is 0.0929. The lowest BCUT2D eigenvalue weighted by molar-refractivity contribution is -0.130. The quantitative estimate of drug-likeness (QED) is 0.222. The van der Waals surface area contributed by atoms with Gasteiger partial charge in [-0.2, -0.15) is 4.31 Å². The summed E-state index contributed by atoms with van der Waals surface area (Å²) in [6.07, 6.45) is 7.63. The Labute approximate surface area is 205 Å². The van der Waals surface area contributed by atoms with E-state index < -0.39 is 21.3 Å². The van der Waals surface area contributed by atoms with E-state index in [9.17, 15) is 18.0 Å². The molecule has 8 heteroatoms. The number of amides is 1. The Morgan fingerprint density at radius 2 is 1.48 bits per heavy atom. The van der Waals surface area contributed by atoms with Gasteiger partial charge < -0.3 is 5.32 Å². The molecule has 0 aromatic heterocycles. The highest BCUT2D eigenvalue weighted by Gasteiger charge is 2.26. The van der Waals surface area contributed by atoms with Gasteiger partial charge in [-0.25, -0.2) is 8.42 Å². The van der Waals surface area contributed by atoms with Gasteiger partial charge >= 0.3 is 0 Å². The molecule has 1 amide bonds. The average molecular weight is 501 g/mol. The van der Waals surface area contributed by atoms with Crippen LogP contribution in [0.25, 0.3) is 0 Å². The van der Waals surface area contributed by atoms with E-state index in [2.05, 4.69) is 19.2 Å². The maximum Gasteiger partial charge on any atom is 0.243 e. The summed E-state index contributed by atoms with van der Waals surface area (Å²) in [6.45, 7) is 10.4. The molecule has 0 saturated carbocycles. The smallest absolute Gasteiger partial charge is 0.243 e. The van der Waals surface area contributed by atoms with Crippen LogP contribution < -0.4 is 5.32 Å². The van der Waals surface area contributed by atoms with Crippen molar-refractivity contribution in [2.24, 2.45) is 5.41 Å². The van der Waals surface area contributed by atoms with Gasteiger partial charge in [0, 0.05) is 18.5 Å². The van der Waals surface area contributed by atoms with Gasteiger partial charge in [-0.15, -0.1) is 0 Å². The monoisotopic (exact) mass is 500 g/mol. The van der Waals surface area contributed by atoms with Crippen molar-refractivity contribution in [3.8, 4) is 0 Å². The number of carbonyl (C=O) groups excluding carboxylic acids is 2. The number of rotatable bonds is 15. The molecule has 0 radical (unpaired) electrons. The van der Waals surface area contributed by atoms with E-state index in [-0.39, 0.29) is 27.8 Å². The van der Waals surface area contributed by atoms with E-state index >= 15 is 0 Å². The highest BCUT2D eigenvalue weighted by molar-refractivity contribution is 7.89. The van der Waals surface area contributed by atoms with Crippen molar-refractivity contribution in [1.29, 1.82) is 0 Å². The second-order valence-electron chi connectivity index (χ2n) is 9.57. The summed E-state index contributed by atoms with van der Waals surface area (Å²) in [5, 5.41) is 2.83. The number of ketones is 1. The standard InChI is InChI=1S/C25H41ClN2O4S/c1-6-8-10-12-16-28(17-13-11-9-7-2)33(31,32)20-14-15-21(26)22(18-20)27-24(30)19-23(29)25(3,4)5/h14-15,18H,6-13,16-17,19H2,1-5H3,(H,27,30). The molecule has 0 atom stereocenters. The Balaban J connectivity index is 3.05. The summed E-state index contributed by atoms with van der Waals surface area (Å²) in [7, 11) is -3.74. The van der Waals surface area contributed by atoms with Gasteiger partial charge in [-0.05, 0) is 31.0 Å². The molecule has 1 aromatic carbocycles. The van der Waals surface area contributed by atoms with Crippen LogP contribution in [0.1, 0.15) is 92.4 Å². The molecule has 0 aliphatic carbocycles. The third-order valence-corrected chi connectivity index (χ3v) is 7.75. The first-order chi connectivity index (χ1) is 15.4. The molecular weight excluding hydrogens is 460 g/mol. The number of benzene rings is 1. The van der Waals surface area contributed by atoms with Crippen LogP contribution in [0, 0.1) is 5.41 Å². The fourth-order valence-electron chi connectivity index (χ4n) is 3.30. The van der Waals surface area contributed by atoms with Crippen molar-refractivity contribution in [2.45, 2.75) is 97.3 Å². The molecule has 1 aromatic rings. The zero-order valence-electron chi connectivity index (χ0n) is 20.9. The Kier molecular flexibility index (Phi) is 12.6. The highest BCUT2D eigenvalue weighted by Crippen LogP contribution is 2.28. The van der Waals surface area contributed by atoms with Crippen molar-refractivity contribution >= 4 is 39.0 Å². The molecule has 0 spiro atoms. The van der Waals surface area contributed by atoms with Crippen LogP contribution in [0.15, 0.2) is 23.1 Å². The normalized spacial score (nSPS) is 12.2. The number of halogens is 1. The Hall–Kier alpha value is -1.44. The SMILES string of the molecule is CCCCCCN(CCCCCC)S(=O)(=O)c1ccc(Cl)c(NC(=O)CC(=O)C(C)(C)C)c1. The number of hydrogen-bond acceptors (Lipinski definition) is 4. The van der Waals surface area contributed by atoms with Crippen molar-refractivity contribution in [3.63, 3.8) is 0 Å². The van der Waals surface area contributed by atoms with Gasteiger partial charge in [-0.1, -0.05) is 84.7 Å². The van der Waals surface area contributed by atoms with Gasteiger partial charge in [0.15, 0.2) is 0 Å². The number of nitrogens with zero attached hydrogens (tertiary/aromatic N) is 1. The molecule has 33 heavy (non-hydrogen) atoms. The van der Waals surface area contributed by atoms with Crippen LogP contribution in [-0.2, 0) is 19.6 Å². The molecule has 0 aliphatic heterocycles. The van der Waals surface area contributed by atoms with E-state index in [1.807, 2.05) is 0 Å². The van der Waals surface area contributed by atoms with Gasteiger partial charge in [0.1, 0.15) is 5.78 Å². The maximum absolute atomic E-state index is 13.4. The lowest BCUT2D eigenvalue weighted by Gasteiger charge is -2.23. The summed E-state index contributed by atoms with van der Waals surface area (Å²) in [5.74, 6) is -0.715. The number of nitrogens with one attached hydrogen (secondary N) is 1. The molecule has 188 valence electrons. The van der Waals surface area contributed by atoms with E-state index in [4.69, 9.17) is 11.6 Å². The Morgan fingerprint density at radius 3 is 1.97 bits per heavy atom. The molecule has 0 fully saturated rings. The minimum Gasteiger partial charge on any atom is -0.324 e. The van der Waals surface area contributed by atoms with Crippen molar-refractivity contribution in [1.82, 2.24) is 4.31 Å². The summed E-state index contributed by atoms with van der Waals surface area (Å²) < 4.78 is 28.4. The van der Waals surface area contributed by atoms with Gasteiger partial charge in [-0.3, -0.25) is 9.59 Å². The molecule has 0 bridgehead atoms. The molecule has 6 nitrogen and oxygen atoms in total. The first kappa shape index (κ1) is 29.6. The third-order valence-electron chi connectivity index (χ3n) is 5.53. The van der Waals surface area contributed by atoms with Crippen molar-refractivity contribution in [2.75, 3.05) is 18.4 Å². The van der Waals surface area contributed by atoms with E-state index in [0.29, 0.717) is 13.1 Å². The van der Waals surface area contributed by atoms with Gasteiger partial charge in [0.2, 0.25) is 15.9 Å². The van der Waals surface area contributed by atoms with Gasteiger partial charge in [0.05, 0.1) is 22.0 Å². The number of anilines is 1. The lowest BCUT2D eigenvalue weighted by atomic mass is 9.89. The Morgan fingerprint density at radius 1 is 0.939 bits per heavy atom. The van der Waals surface area contributed by atoms with Crippen LogP contribution in [0.5, 0.6) is 0 Å². The minimum atomic E-state index is -3.74. The predicted molar refractivity (Wildman–Crippen MR) is 136 cm³/mol. The molecule has 0 unspecified atom stereocenters. The maximum atomic E-state index is 13.4. The molecule has 0 saturated heterocycles. The summed E-state index contributed by atoms with van der Waals surface area (Å²) in [5.41, 5.74) is -0.441. The zero-order valence-corrected chi connectivity index (χ0v) is 22.4. The van der Waals surface area contributed by atoms with E-state index in [0.717, 1.165) is 51.4 Å². The number of sulfonamides is 1. The first-order valence-electron chi connectivity index (χ1n) is 12.1. The second-order valence-corrected chi connectivity index (χ2v) is 11.9. The number of unbranched alkanes of at least 4 members (excludes halogenated alkanes) is 6. The fourth-order valence-corrected chi connectivity index (χ4v) is 5.01. The average Bonchev–Trinajstić information content (AvgIpc) is 2.73. The summed E-state index contributed by atoms with van der Waals surface area (Å²) >= 11 is 6.23.